The summed E-state index contributed by atoms with van der Waals surface area (Å²) < 4.78 is 40.0. The normalized spacial score (nSPS) is 11.9. The van der Waals surface area contributed by atoms with Gasteiger partial charge in [0, 0.05) is 24.7 Å². The van der Waals surface area contributed by atoms with Gasteiger partial charge in [-0.25, -0.2) is 8.42 Å². The smallest absolute Gasteiger partial charge is 0.264 e. The van der Waals surface area contributed by atoms with E-state index in [0.717, 1.165) is 21.0 Å². The first kappa shape index (κ1) is 31.8. The highest BCUT2D eigenvalue weighted by atomic mass is 35.5. The molecule has 0 fully saturated rings. The maximum absolute atomic E-state index is 14.2. The Morgan fingerprint density at radius 1 is 0.927 bits per heavy atom. The summed E-state index contributed by atoms with van der Waals surface area (Å²) in [5.41, 5.74) is 2.72. The van der Waals surface area contributed by atoms with Crippen LogP contribution in [-0.2, 0) is 26.2 Å². The van der Waals surface area contributed by atoms with Crippen molar-refractivity contribution < 1.29 is 27.5 Å². The Hall–Kier alpha value is -3.76. The average Bonchev–Trinajstić information content (AvgIpc) is 2.95. The van der Waals surface area contributed by atoms with Crippen molar-refractivity contribution >= 4 is 39.1 Å². The highest BCUT2D eigenvalue weighted by Crippen LogP contribution is 2.33. The number of benzene rings is 3. The van der Waals surface area contributed by atoms with Gasteiger partial charge in [-0.3, -0.25) is 13.9 Å². The molecule has 3 aromatic carbocycles. The summed E-state index contributed by atoms with van der Waals surface area (Å²) in [6.45, 7) is 5.04. The van der Waals surface area contributed by atoms with Gasteiger partial charge in [-0.05, 0) is 73.4 Å². The molecule has 41 heavy (non-hydrogen) atoms. The molecule has 0 spiro atoms. The van der Waals surface area contributed by atoms with Gasteiger partial charge >= 0.3 is 0 Å². The molecular weight excluding hydrogens is 566 g/mol. The summed E-state index contributed by atoms with van der Waals surface area (Å²) in [6, 6.07) is 15.7. The minimum absolute atomic E-state index is 0.0790. The monoisotopic (exact) mass is 601 g/mol. The first-order chi connectivity index (χ1) is 19.4. The summed E-state index contributed by atoms with van der Waals surface area (Å²) in [6.07, 6.45) is 0.324. The number of hydrogen-bond acceptors (Lipinski definition) is 6. The fraction of sp³-hybridized carbons (Fsp3) is 0.333. The zero-order chi connectivity index (χ0) is 30.3. The number of carbonyl (C=O) groups excluding carboxylic acids is 2. The van der Waals surface area contributed by atoms with Crippen LogP contribution in [0, 0.1) is 13.8 Å². The van der Waals surface area contributed by atoms with Crippen LogP contribution in [0.15, 0.2) is 65.6 Å². The average molecular weight is 602 g/mol. The van der Waals surface area contributed by atoms with Crippen LogP contribution in [0.5, 0.6) is 11.5 Å². The molecular formula is C30H36ClN3O6S. The van der Waals surface area contributed by atoms with E-state index in [0.29, 0.717) is 22.9 Å². The number of amides is 2. The molecule has 0 aliphatic rings. The van der Waals surface area contributed by atoms with Gasteiger partial charge < -0.3 is 19.7 Å². The molecule has 1 atom stereocenters. The number of nitrogens with one attached hydrogen (secondary N) is 1. The van der Waals surface area contributed by atoms with E-state index in [1.165, 1.54) is 44.4 Å². The van der Waals surface area contributed by atoms with Crippen LogP contribution in [0.2, 0.25) is 5.02 Å². The Labute approximate surface area is 247 Å². The minimum atomic E-state index is -4.28. The lowest BCUT2D eigenvalue weighted by molar-refractivity contribution is -0.140. The van der Waals surface area contributed by atoms with Crippen molar-refractivity contribution in [1.29, 1.82) is 0 Å². The molecule has 1 N–H and O–H groups in total. The molecule has 0 saturated carbocycles. The summed E-state index contributed by atoms with van der Waals surface area (Å²) >= 11 is 6.05. The molecule has 9 nitrogen and oxygen atoms in total. The summed E-state index contributed by atoms with van der Waals surface area (Å²) in [5.74, 6) is -0.296. The molecule has 0 bridgehead atoms. The molecule has 0 saturated heterocycles. The van der Waals surface area contributed by atoms with Gasteiger partial charge in [0.25, 0.3) is 10.0 Å². The van der Waals surface area contributed by atoms with Crippen LogP contribution in [-0.4, -0.2) is 59.0 Å². The summed E-state index contributed by atoms with van der Waals surface area (Å²) in [5, 5.41) is 3.15. The Bertz CT molecular complexity index is 1470. The van der Waals surface area contributed by atoms with Crippen LogP contribution in [0.4, 0.5) is 5.69 Å². The van der Waals surface area contributed by atoms with Crippen molar-refractivity contribution in [2.45, 2.75) is 44.7 Å². The molecule has 2 amide bonds. The Balaban J connectivity index is 2.13. The molecule has 0 heterocycles. The Kier molecular flexibility index (Phi) is 10.6. The van der Waals surface area contributed by atoms with E-state index in [9.17, 15) is 18.0 Å². The molecule has 220 valence electrons. The Morgan fingerprint density at radius 2 is 1.54 bits per heavy atom. The number of halogens is 1. The Morgan fingerprint density at radius 3 is 2.07 bits per heavy atom. The summed E-state index contributed by atoms with van der Waals surface area (Å²) in [4.78, 5) is 28.2. The number of sulfonamides is 1. The number of hydrogen-bond donors (Lipinski definition) is 1. The molecule has 11 heteroatoms. The second-order valence-corrected chi connectivity index (χ2v) is 11.9. The largest absolute Gasteiger partial charge is 0.493 e. The van der Waals surface area contributed by atoms with Crippen molar-refractivity contribution in [3.8, 4) is 11.5 Å². The van der Waals surface area contributed by atoms with E-state index in [1.54, 1.807) is 43.3 Å². The number of likely N-dealkylation sites (N-methyl/N-ethyl adjacent to an activating group) is 1. The predicted molar refractivity (Wildman–Crippen MR) is 160 cm³/mol. The lowest BCUT2D eigenvalue weighted by Gasteiger charge is -2.33. The van der Waals surface area contributed by atoms with Gasteiger partial charge in [0.15, 0.2) is 11.5 Å². The van der Waals surface area contributed by atoms with Gasteiger partial charge in [0.1, 0.15) is 12.6 Å². The van der Waals surface area contributed by atoms with E-state index < -0.39 is 28.5 Å². The SMILES string of the molecule is CC[C@@H](C(=O)NC)N(Cc1ccc(Cl)cc1)C(=O)CN(c1cc(C)cc(C)c1)S(=O)(=O)c1ccc(OC)c(OC)c1. The standard InChI is InChI=1S/C30H36ClN3O6S/c1-7-26(30(36)32-4)33(18-22-8-10-23(31)11-9-22)29(35)19-34(24-15-20(2)14-21(3)16-24)41(37,38)25-12-13-27(39-5)28(17-25)40-6/h8-17,26H,7,18-19H2,1-6H3,(H,32,36)/t26-/m0/s1. The van der Waals surface area contributed by atoms with Gasteiger partial charge in [-0.15, -0.1) is 0 Å². The second kappa shape index (κ2) is 13.7. The molecule has 3 aromatic rings. The van der Waals surface area contributed by atoms with Crippen LogP contribution in [0.1, 0.15) is 30.0 Å². The maximum Gasteiger partial charge on any atom is 0.264 e. The lowest BCUT2D eigenvalue weighted by atomic mass is 10.1. The van der Waals surface area contributed by atoms with Gasteiger partial charge in [0.2, 0.25) is 11.8 Å². The number of ether oxygens (including phenoxy) is 2. The molecule has 0 radical (unpaired) electrons. The van der Waals surface area contributed by atoms with Crippen molar-refractivity contribution in [2.24, 2.45) is 0 Å². The predicted octanol–water partition coefficient (Wildman–Crippen LogP) is 4.72. The van der Waals surface area contributed by atoms with E-state index in [-0.39, 0.29) is 23.1 Å². The maximum atomic E-state index is 14.2. The topological polar surface area (TPSA) is 105 Å². The third-order valence-electron chi connectivity index (χ3n) is 6.61. The molecule has 0 aromatic heterocycles. The van der Waals surface area contributed by atoms with Crippen molar-refractivity contribution in [2.75, 3.05) is 32.1 Å². The quantitative estimate of drug-likeness (QED) is 0.322. The third-order valence-corrected chi connectivity index (χ3v) is 8.64. The highest BCUT2D eigenvalue weighted by Gasteiger charge is 2.34. The number of rotatable bonds is 12. The molecule has 0 unspecified atom stereocenters. The number of anilines is 1. The zero-order valence-electron chi connectivity index (χ0n) is 24.1. The minimum Gasteiger partial charge on any atom is -0.493 e. The number of nitrogens with zero attached hydrogens (tertiary/aromatic N) is 2. The molecule has 0 aliphatic heterocycles. The van der Waals surface area contributed by atoms with Crippen LogP contribution >= 0.6 is 11.6 Å². The number of aryl methyl sites for hydroxylation is 2. The molecule has 0 aliphatic carbocycles. The van der Waals surface area contributed by atoms with E-state index in [2.05, 4.69) is 5.32 Å². The molecule has 3 rings (SSSR count). The third kappa shape index (κ3) is 7.51. The van der Waals surface area contributed by atoms with Crippen molar-refractivity contribution in [3.05, 3.63) is 82.4 Å². The fourth-order valence-corrected chi connectivity index (χ4v) is 6.14. The van der Waals surface area contributed by atoms with Gasteiger partial charge in [0.05, 0.1) is 24.8 Å². The van der Waals surface area contributed by atoms with E-state index in [1.807, 2.05) is 19.9 Å². The first-order valence-electron chi connectivity index (χ1n) is 13.0. The van der Waals surface area contributed by atoms with Gasteiger partial charge in [-0.2, -0.15) is 0 Å². The fourth-order valence-electron chi connectivity index (χ4n) is 4.60. The first-order valence-corrected chi connectivity index (χ1v) is 14.9. The lowest BCUT2D eigenvalue weighted by Crippen LogP contribution is -2.51. The zero-order valence-corrected chi connectivity index (χ0v) is 25.7. The van der Waals surface area contributed by atoms with Crippen molar-refractivity contribution in [1.82, 2.24) is 10.2 Å². The van der Waals surface area contributed by atoms with Crippen LogP contribution < -0.4 is 19.1 Å². The van der Waals surface area contributed by atoms with Gasteiger partial charge in [-0.1, -0.05) is 36.7 Å². The number of carbonyl (C=O) groups is 2. The second-order valence-electron chi connectivity index (χ2n) is 9.56. The number of methoxy groups -OCH3 is 2. The summed E-state index contributed by atoms with van der Waals surface area (Å²) in [7, 11) is 0.0923. The van der Waals surface area contributed by atoms with Crippen LogP contribution in [0.3, 0.4) is 0 Å². The van der Waals surface area contributed by atoms with Crippen LogP contribution in [0.25, 0.3) is 0 Å². The van der Waals surface area contributed by atoms with Crippen molar-refractivity contribution in [3.63, 3.8) is 0 Å². The van der Waals surface area contributed by atoms with E-state index >= 15 is 0 Å². The van der Waals surface area contributed by atoms with E-state index in [4.69, 9.17) is 21.1 Å². The highest BCUT2D eigenvalue weighted by molar-refractivity contribution is 7.92.